The average Bonchev–Trinajstić information content (AvgIpc) is 3.08. The molecule has 2 aromatic rings. The first-order valence-corrected chi connectivity index (χ1v) is 7.26. The number of aromatic amines is 1. The fraction of sp³-hybridized carbons (Fsp3) is 0.188. The monoisotopic (exact) mass is 340 g/mol. The average molecular weight is 340 g/mol. The lowest BCUT2D eigenvalue weighted by Crippen LogP contribution is -2.28. The highest BCUT2D eigenvalue weighted by atomic mass is 16.7. The molecule has 0 radical (unpaired) electrons. The van der Waals surface area contributed by atoms with E-state index in [2.05, 4.69) is 9.97 Å². The molecule has 0 bridgehead atoms. The number of allylic oxidation sites excluding steroid dienone is 1. The second-order valence-electron chi connectivity index (χ2n) is 5.33. The highest BCUT2D eigenvalue weighted by Gasteiger charge is 2.35. The fourth-order valence-corrected chi connectivity index (χ4v) is 2.95. The Bertz CT molecular complexity index is 1000. The number of aromatic nitrogens is 2. The lowest BCUT2D eigenvalue weighted by molar-refractivity contribution is 0.171. The molecular formula is C16H12N4O5. The summed E-state index contributed by atoms with van der Waals surface area (Å²) in [7, 11) is 1.49. The molecule has 9 nitrogen and oxygen atoms in total. The van der Waals surface area contributed by atoms with E-state index in [9.17, 15) is 10.1 Å². The number of hydrogen-bond donors (Lipinski definition) is 2. The number of fused-ring (bicyclic) bond motifs is 2. The predicted molar refractivity (Wildman–Crippen MR) is 83.3 cm³/mol. The zero-order chi connectivity index (χ0) is 17.6. The molecule has 2 aliphatic heterocycles. The number of nitrogens with one attached hydrogen (secondary N) is 1. The smallest absolute Gasteiger partial charge is 0.258 e. The van der Waals surface area contributed by atoms with Gasteiger partial charge in [-0.15, -0.1) is 0 Å². The molecular weight excluding hydrogens is 328 g/mol. The van der Waals surface area contributed by atoms with Crippen LogP contribution >= 0.6 is 0 Å². The van der Waals surface area contributed by atoms with Gasteiger partial charge in [0.05, 0.1) is 24.9 Å². The first kappa shape index (κ1) is 14.9. The largest absolute Gasteiger partial charge is 0.493 e. The van der Waals surface area contributed by atoms with E-state index < -0.39 is 11.5 Å². The van der Waals surface area contributed by atoms with Crippen molar-refractivity contribution in [3.05, 3.63) is 51.4 Å². The van der Waals surface area contributed by atoms with Crippen LogP contribution in [0.4, 0.5) is 0 Å². The maximum Gasteiger partial charge on any atom is 0.258 e. The van der Waals surface area contributed by atoms with Gasteiger partial charge in [-0.05, 0) is 17.7 Å². The minimum absolute atomic E-state index is 0.0573. The summed E-state index contributed by atoms with van der Waals surface area (Å²) in [4.78, 5) is 18.9. The van der Waals surface area contributed by atoms with Crippen molar-refractivity contribution in [2.75, 3.05) is 13.9 Å². The highest BCUT2D eigenvalue weighted by molar-refractivity contribution is 5.60. The second-order valence-corrected chi connectivity index (χ2v) is 5.33. The number of nitrogens with zero attached hydrogens (tertiary/aromatic N) is 2. The van der Waals surface area contributed by atoms with E-state index in [-0.39, 0.29) is 29.7 Å². The SMILES string of the molecule is COc1cc([C@@H]2C(C#N)=C(N)Oc3nc[nH]c(=O)c32)cc2c1OCO2. The predicted octanol–water partition coefficient (Wildman–Crippen LogP) is 0.725. The molecule has 1 aromatic carbocycles. The maximum atomic E-state index is 12.4. The second kappa shape index (κ2) is 5.45. The third kappa shape index (κ3) is 2.15. The van der Waals surface area contributed by atoms with Crippen molar-refractivity contribution >= 4 is 0 Å². The van der Waals surface area contributed by atoms with E-state index in [1.54, 1.807) is 12.1 Å². The molecule has 0 saturated heterocycles. The molecule has 0 fully saturated rings. The molecule has 0 aliphatic carbocycles. The van der Waals surface area contributed by atoms with Crippen LogP contribution in [0.15, 0.2) is 34.7 Å². The van der Waals surface area contributed by atoms with Gasteiger partial charge in [-0.2, -0.15) is 5.26 Å². The van der Waals surface area contributed by atoms with Crippen LogP contribution in [-0.4, -0.2) is 23.9 Å². The van der Waals surface area contributed by atoms with Crippen LogP contribution in [0.1, 0.15) is 17.0 Å². The number of nitriles is 1. The highest BCUT2D eigenvalue weighted by Crippen LogP contribution is 2.47. The molecule has 2 aliphatic rings. The number of rotatable bonds is 2. The van der Waals surface area contributed by atoms with Gasteiger partial charge in [-0.1, -0.05) is 0 Å². The first-order valence-electron chi connectivity index (χ1n) is 7.26. The van der Waals surface area contributed by atoms with Gasteiger partial charge in [-0.3, -0.25) is 4.79 Å². The lowest BCUT2D eigenvalue weighted by atomic mass is 9.85. The number of methoxy groups -OCH3 is 1. The van der Waals surface area contributed by atoms with Crippen LogP contribution in [0.25, 0.3) is 0 Å². The molecule has 4 rings (SSSR count). The number of nitrogens with two attached hydrogens (primary N) is 1. The Morgan fingerprint density at radius 1 is 1.44 bits per heavy atom. The summed E-state index contributed by atoms with van der Waals surface area (Å²) in [6.07, 6.45) is 1.21. The van der Waals surface area contributed by atoms with E-state index in [0.29, 0.717) is 22.8 Å². The van der Waals surface area contributed by atoms with Gasteiger partial charge in [0, 0.05) is 0 Å². The quantitative estimate of drug-likeness (QED) is 0.817. The van der Waals surface area contributed by atoms with Crippen LogP contribution in [-0.2, 0) is 0 Å². The standard InChI is InChI=1S/C16H12N4O5/c1-22-9-2-7(3-10-13(9)24-6-23-10)11-8(4-17)14(18)25-16-12(11)15(21)19-5-20-16/h2-3,5,11H,6,18H2,1H3,(H,19,20,21)/t11-/m1/s1. The Balaban J connectivity index is 1.99. The van der Waals surface area contributed by atoms with Crippen LogP contribution in [0, 0.1) is 11.3 Å². The third-order valence-corrected chi connectivity index (χ3v) is 4.04. The van der Waals surface area contributed by atoms with Crippen LogP contribution < -0.4 is 30.2 Å². The number of hydrogen-bond acceptors (Lipinski definition) is 8. The van der Waals surface area contributed by atoms with Gasteiger partial charge in [0.15, 0.2) is 11.5 Å². The van der Waals surface area contributed by atoms with E-state index in [0.717, 1.165) is 0 Å². The fourth-order valence-electron chi connectivity index (χ4n) is 2.95. The van der Waals surface area contributed by atoms with Crippen molar-refractivity contribution in [3.8, 4) is 29.2 Å². The summed E-state index contributed by atoms with van der Waals surface area (Å²) in [6, 6.07) is 5.36. The van der Waals surface area contributed by atoms with E-state index in [1.165, 1.54) is 13.4 Å². The van der Waals surface area contributed by atoms with Gasteiger partial charge >= 0.3 is 0 Å². The Labute approximate surface area is 141 Å². The van der Waals surface area contributed by atoms with Gasteiger partial charge < -0.3 is 29.7 Å². The first-order chi connectivity index (χ1) is 12.1. The molecule has 126 valence electrons. The number of benzene rings is 1. The van der Waals surface area contributed by atoms with Gasteiger partial charge in [-0.25, -0.2) is 4.98 Å². The summed E-state index contributed by atoms with van der Waals surface area (Å²) >= 11 is 0. The molecule has 0 unspecified atom stereocenters. The molecule has 0 amide bonds. The molecule has 3 heterocycles. The normalized spacial score (nSPS) is 17.5. The molecule has 25 heavy (non-hydrogen) atoms. The number of H-pyrrole nitrogens is 1. The van der Waals surface area contributed by atoms with E-state index in [4.69, 9.17) is 24.7 Å². The van der Waals surface area contributed by atoms with Gasteiger partial charge in [0.1, 0.15) is 11.6 Å². The summed E-state index contributed by atoms with van der Waals surface area (Å²) < 4.78 is 21.5. The third-order valence-electron chi connectivity index (χ3n) is 4.04. The van der Waals surface area contributed by atoms with Crippen LogP contribution in [0.5, 0.6) is 23.1 Å². The van der Waals surface area contributed by atoms with Crippen molar-refractivity contribution in [3.63, 3.8) is 0 Å². The molecule has 1 aromatic heterocycles. The van der Waals surface area contributed by atoms with Gasteiger partial charge in [0.25, 0.3) is 5.56 Å². The zero-order valence-corrected chi connectivity index (χ0v) is 13.0. The lowest BCUT2D eigenvalue weighted by Gasteiger charge is -2.24. The van der Waals surface area contributed by atoms with E-state index >= 15 is 0 Å². The van der Waals surface area contributed by atoms with Gasteiger partial charge in [0.2, 0.25) is 24.3 Å². The Kier molecular flexibility index (Phi) is 3.25. The van der Waals surface area contributed by atoms with Crippen molar-refractivity contribution in [1.29, 1.82) is 5.26 Å². The van der Waals surface area contributed by atoms with Crippen molar-refractivity contribution in [1.82, 2.24) is 9.97 Å². The molecule has 0 saturated carbocycles. The van der Waals surface area contributed by atoms with Crippen molar-refractivity contribution < 1.29 is 18.9 Å². The maximum absolute atomic E-state index is 12.4. The summed E-state index contributed by atoms with van der Waals surface area (Å²) in [5.41, 5.74) is 6.30. The Hall–Kier alpha value is -3.67. The van der Waals surface area contributed by atoms with Crippen molar-refractivity contribution in [2.24, 2.45) is 5.73 Å². The molecule has 1 atom stereocenters. The topological polar surface area (TPSA) is 132 Å². The summed E-state index contributed by atoms with van der Waals surface area (Å²) in [5.74, 6) is 0.535. The molecule has 3 N–H and O–H groups in total. The van der Waals surface area contributed by atoms with Crippen LogP contribution in [0.2, 0.25) is 0 Å². The minimum Gasteiger partial charge on any atom is -0.493 e. The minimum atomic E-state index is -0.769. The summed E-state index contributed by atoms with van der Waals surface area (Å²) in [5, 5.41) is 9.54. The summed E-state index contributed by atoms with van der Waals surface area (Å²) in [6.45, 7) is 0.0603. The van der Waals surface area contributed by atoms with Crippen LogP contribution in [0.3, 0.4) is 0 Å². The Morgan fingerprint density at radius 3 is 3.04 bits per heavy atom. The van der Waals surface area contributed by atoms with Crippen molar-refractivity contribution in [2.45, 2.75) is 5.92 Å². The van der Waals surface area contributed by atoms with E-state index in [1.807, 2.05) is 6.07 Å². The zero-order valence-electron chi connectivity index (χ0n) is 13.0. The number of ether oxygens (including phenoxy) is 4. The molecule has 0 spiro atoms. The molecule has 9 heteroatoms. The Morgan fingerprint density at radius 2 is 2.28 bits per heavy atom.